The number of hydrogen-bond acceptors (Lipinski definition) is 0. The van der Waals surface area contributed by atoms with Gasteiger partial charge in [-0.3, -0.25) is 0 Å². The second-order valence-electron chi connectivity index (χ2n) is 2.80. The van der Waals surface area contributed by atoms with Crippen molar-refractivity contribution >= 4 is 0 Å². The Labute approximate surface area is 76.7 Å². The van der Waals surface area contributed by atoms with Crippen LogP contribution in [0.25, 0.3) is 0 Å². The van der Waals surface area contributed by atoms with E-state index in [0.717, 1.165) is 6.42 Å². The second-order valence-corrected chi connectivity index (χ2v) is 2.80. The summed E-state index contributed by atoms with van der Waals surface area (Å²) >= 11 is 0. The van der Waals surface area contributed by atoms with Crippen molar-refractivity contribution in [1.82, 2.24) is 0 Å². The van der Waals surface area contributed by atoms with Gasteiger partial charge < -0.3 is 0 Å². The average Bonchev–Trinajstić information content (AvgIpc) is 2.10. The largest absolute Gasteiger partial charge is 0.0882 e. The molecule has 0 rings (SSSR count). The zero-order valence-corrected chi connectivity index (χ0v) is 8.29. The lowest BCUT2D eigenvalue weighted by Crippen LogP contribution is -1.66. The molecule has 0 aliphatic heterocycles. The van der Waals surface area contributed by atoms with E-state index in [1.807, 2.05) is 13.0 Å². The molecule has 0 saturated carbocycles. The Balaban J connectivity index is 3.23. The summed E-state index contributed by atoms with van der Waals surface area (Å²) in [6.07, 6.45) is 17.7. The van der Waals surface area contributed by atoms with Crippen LogP contribution in [0.3, 0.4) is 0 Å². The third kappa shape index (κ3) is 9.22. The Morgan fingerprint density at radius 2 is 1.83 bits per heavy atom. The molecule has 0 atom stereocenters. The Morgan fingerprint density at radius 3 is 2.50 bits per heavy atom. The van der Waals surface area contributed by atoms with Gasteiger partial charge in [0, 0.05) is 0 Å². The van der Waals surface area contributed by atoms with E-state index >= 15 is 0 Å². The third-order valence-corrected chi connectivity index (χ3v) is 1.60. The van der Waals surface area contributed by atoms with Crippen molar-refractivity contribution in [2.45, 2.75) is 39.5 Å². The summed E-state index contributed by atoms with van der Waals surface area (Å²) in [7, 11) is 0. The molecule has 0 radical (unpaired) electrons. The van der Waals surface area contributed by atoms with Gasteiger partial charge in [-0.15, -0.1) is 0 Å². The fourth-order valence-electron chi connectivity index (χ4n) is 0.883. The van der Waals surface area contributed by atoms with Gasteiger partial charge in [0.2, 0.25) is 0 Å². The van der Waals surface area contributed by atoms with Gasteiger partial charge in [0.25, 0.3) is 0 Å². The van der Waals surface area contributed by atoms with Crippen molar-refractivity contribution in [2.24, 2.45) is 0 Å². The highest BCUT2D eigenvalue weighted by atomic mass is 13.8. The SMILES string of the molecule is CC=CC=CCC=CCCCC. The first-order chi connectivity index (χ1) is 5.91. The van der Waals surface area contributed by atoms with Gasteiger partial charge in [0.05, 0.1) is 0 Å². The summed E-state index contributed by atoms with van der Waals surface area (Å²) in [4.78, 5) is 0. The summed E-state index contributed by atoms with van der Waals surface area (Å²) in [5.41, 5.74) is 0. The molecular formula is C12H20. The Hall–Kier alpha value is -0.780. The van der Waals surface area contributed by atoms with Crippen LogP contribution in [0.2, 0.25) is 0 Å². The summed E-state index contributed by atoms with van der Waals surface area (Å²) in [5.74, 6) is 0. The number of rotatable bonds is 6. The first kappa shape index (κ1) is 11.2. The molecule has 0 aromatic heterocycles. The van der Waals surface area contributed by atoms with Crippen LogP contribution in [0.15, 0.2) is 36.5 Å². The molecule has 0 unspecified atom stereocenters. The molecule has 0 nitrogen and oxygen atoms in total. The van der Waals surface area contributed by atoms with Crippen LogP contribution in [-0.2, 0) is 0 Å². The van der Waals surface area contributed by atoms with Crippen LogP contribution in [-0.4, -0.2) is 0 Å². The van der Waals surface area contributed by atoms with Crippen LogP contribution >= 0.6 is 0 Å². The summed E-state index contributed by atoms with van der Waals surface area (Å²) in [6, 6.07) is 0. The van der Waals surface area contributed by atoms with Crippen molar-refractivity contribution in [3.05, 3.63) is 36.5 Å². The van der Waals surface area contributed by atoms with Gasteiger partial charge in [0.1, 0.15) is 0 Å². The van der Waals surface area contributed by atoms with Crippen LogP contribution in [0, 0.1) is 0 Å². The first-order valence-corrected chi connectivity index (χ1v) is 4.84. The van der Waals surface area contributed by atoms with E-state index in [-0.39, 0.29) is 0 Å². The smallest absolute Gasteiger partial charge is 0.0166 e. The van der Waals surface area contributed by atoms with Crippen molar-refractivity contribution in [3.63, 3.8) is 0 Å². The topological polar surface area (TPSA) is 0 Å². The molecular weight excluding hydrogens is 144 g/mol. The van der Waals surface area contributed by atoms with Gasteiger partial charge in [0.15, 0.2) is 0 Å². The maximum atomic E-state index is 2.27. The Bertz CT molecular complexity index is 149. The highest BCUT2D eigenvalue weighted by molar-refractivity contribution is 5.03. The minimum absolute atomic E-state index is 1.06. The first-order valence-electron chi connectivity index (χ1n) is 4.84. The lowest BCUT2D eigenvalue weighted by molar-refractivity contribution is 0.813. The molecule has 0 heterocycles. The summed E-state index contributed by atoms with van der Waals surface area (Å²) in [5, 5.41) is 0. The third-order valence-electron chi connectivity index (χ3n) is 1.60. The van der Waals surface area contributed by atoms with Crippen LogP contribution in [0.4, 0.5) is 0 Å². The van der Waals surface area contributed by atoms with E-state index in [9.17, 15) is 0 Å². The fourth-order valence-corrected chi connectivity index (χ4v) is 0.883. The van der Waals surface area contributed by atoms with E-state index in [1.165, 1.54) is 19.3 Å². The molecule has 0 fully saturated rings. The molecule has 0 spiro atoms. The molecule has 0 aromatic carbocycles. The molecule has 68 valence electrons. The lowest BCUT2D eigenvalue weighted by atomic mass is 10.2. The molecule has 0 aliphatic carbocycles. The molecule has 0 bridgehead atoms. The molecule has 0 saturated heterocycles. The Morgan fingerprint density at radius 1 is 1.00 bits per heavy atom. The molecule has 0 amide bonds. The van der Waals surface area contributed by atoms with Crippen molar-refractivity contribution in [2.75, 3.05) is 0 Å². The molecule has 12 heavy (non-hydrogen) atoms. The quantitative estimate of drug-likeness (QED) is 0.313. The van der Waals surface area contributed by atoms with Crippen molar-refractivity contribution in [1.29, 1.82) is 0 Å². The fraction of sp³-hybridized carbons (Fsp3) is 0.500. The predicted octanol–water partition coefficient (Wildman–Crippen LogP) is 4.26. The van der Waals surface area contributed by atoms with E-state index in [1.54, 1.807) is 0 Å². The molecule has 0 aromatic rings. The highest BCUT2D eigenvalue weighted by Crippen LogP contribution is 1.96. The summed E-state index contributed by atoms with van der Waals surface area (Å²) < 4.78 is 0. The zero-order valence-electron chi connectivity index (χ0n) is 8.29. The van der Waals surface area contributed by atoms with Crippen LogP contribution < -0.4 is 0 Å². The maximum absolute atomic E-state index is 2.27. The lowest BCUT2D eigenvalue weighted by Gasteiger charge is -1.86. The molecule has 0 heteroatoms. The van der Waals surface area contributed by atoms with Gasteiger partial charge in [-0.05, 0) is 19.8 Å². The minimum atomic E-state index is 1.06. The van der Waals surface area contributed by atoms with Crippen LogP contribution in [0.5, 0.6) is 0 Å². The average molecular weight is 164 g/mol. The minimum Gasteiger partial charge on any atom is -0.0882 e. The molecule has 0 aliphatic rings. The Kier molecular flexibility index (Phi) is 9.56. The zero-order chi connectivity index (χ0) is 9.07. The highest BCUT2D eigenvalue weighted by Gasteiger charge is 1.76. The number of allylic oxidation sites excluding steroid dienone is 6. The van der Waals surface area contributed by atoms with Gasteiger partial charge in [-0.25, -0.2) is 0 Å². The van der Waals surface area contributed by atoms with Crippen molar-refractivity contribution in [3.8, 4) is 0 Å². The maximum Gasteiger partial charge on any atom is -0.0166 e. The monoisotopic (exact) mass is 164 g/mol. The standard InChI is InChI=1S/C12H20/c1-3-5-7-9-11-12-10-8-6-4-2/h3,5,7,9-10,12H,4,6,8,11H2,1-2H3. The van der Waals surface area contributed by atoms with E-state index < -0.39 is 0 Å². The second kappa shape index (κ2) is 10.2. The summed E-state index contributed by atoms with van der Waals surface area (Å²) in [6.45, 7) is 4.25. The van der Waals surface area contributed by atoms with E-state index in [2.05, 4.69) is 37.3 Å². The van der Waals surface area contributed by atoms with Crippen molar-refractivity contribution < 1.29 is 0 Å². The van der Waals surface area contributed by atoms with Gasteiger partial charge in [-0.2, -0.15) is 0 Å². The van der Waals surface area contributed by atoms with E-state index in [0.29, 0.717) is 0 Å². The van der Waals surface area contributed by atoms with Gasteiger partial charge >= 0.3 is 0 Å². The normalized spacial score (nSPS) is 12.5. The van der Waals surface area contributed by atoms with Gasteiger partial charge in [-0.1, -0.05) is 56.2 Å². The number of hydrogen-bond donors (Lipinski definition) is 0. The van der Waals surface area contributed by atoms with E-state index in [4.69, 9.17) is 0 Å². The number of unbranched alkanes of at least 4 members (excludes halogenated alkanes) is 2. The van der Waals surface area contributed by atoms with Crippen LogP contribution in [0.1, 0.15) is 39.5 Å². The predicted molar refractivity (Wildman–Crippen MR) is 57.2 cm³/mol. The molecule has 0 N–H and O–H groups in total.